The number of pyridine rings is 1. The molecule has 10 heteroatoms. The monoisotopic (exact) mass is 470 g/mol. The van der Waals surface area contributed by atoms with Crippen LogP contribution in [0.2, 0.25) is 10.0 Å². The molecule has 1 N–H and O–H groups in total. The highest BCUT2D eigenvalue weighted by molar-refractivity contribution is 7.93. The van der Waals surface area contributed by atoms with E-state index in [0.717, 1.165) is 0 Å². The predicted molar refractivity (Wildman–Crippen MR) is 113 cm³/mol. The van der Waals surface area contributed by atoms with Crippen molar-refractivity contribution in [2.75, 3.05) is 4.72 Å². The van der Waals surface area contributed by atoms with E-state index in [1.54, 1.807) is 6.92 Å². The molecule has 0 saturated heterocycles. The third kappa shape index (κ3) is 4.56. The fourth-order valence-electron chi connectivity index (χ4n) is 2.72. The largest absolute Gasteiger partial charge is 0.263 e. The van der Waals surface area contributed by atoms with Gasteiger partial charge in [0.05, 0.1) is 19.7 Å². The summed E-state index contributed by atoms with van der Waals surface area (Å²) in [7, 11) is -8.05. The van der Waals surface area contributed by atoms with Crippen LogP contribution in [0.3, 0.4) is 0 Å². The summed E-state index contributed by atoms with van der Waals surface area (Å²) in [6.07, 6.45) is 1.30. The van der Waals surface area contributed by atoms with Crippen molar-refractivity contribution in [2.24, 2.45) is 0 Å². The number of nitrogens with zero attached hydrogens (tertiary/aromatic N) is 1. The van der Waals surface area contributed by atoms with Gasteiger partial charge < -0.3 is 0 Å². The van der Waals surface area contributed by atoms with Gasteiger partial charge in [-0.1, -0.05) is 23.2 Å². The van der Waals surface area contributed by atoms with E-state index in [9.17, 15) is 16.8 Å². The van der Waals surface area contributed by atoms with Gasteiger partial charge in [0.2, 0.25) is 9.84 Å². The number of nitrogens with one attached hydrogen (secondary N) is 1. The number of rotatable bonds is 5. The van der Waals surface area contributed by atoms with Gasteiger partial charge in [0.15, 0.2) is 0 Å². The summed E-state index contributed by atoms with van der Waals surface area (Å²) >= 11 is 11.6. The summed E-state index contributed by atoms with van der Waals surface area (Å²) in [6.45, 7) is 3.08. The number of aromatic nitrogens is 1. The molecule has 0 saturated carbocycles. The van der Waals surface area contributed by atoms with Crippen molar-refractivity contribution in [3.05, 3.63) is 75.9 Å². The first kappa shape index (κ1) is 21.6. The van der Waals surface area contributed by atoms with Crippen LogP contribution in [0.4, 0.5) is 5.82 Å². The smallest absolute Gasteiger partial charge is 0.263 e. The third-order valence-corrected chi connectivity index (χ3v) is 7.98. The average Bonchev–Trinajstić information content (AvgIpc) is 2.65. The Morgan fingerprint density at radius 1 is 0.828 bits per heavy atom. The number of benzene rings is 2. The lowest BCUT2D eigenvalue weighted by atomic mass is 10.2. The maximum atomic E-state index is 13.1. The summed E-state index contributed by atoms with van der Waals surface area (Å²) in [6, 6.07) is 11.4. The molecule has 152 valence electrons. The molecule has 29 heavy (non-hydrogen) atoms. The zero-order valence-electron chi connectivity index (χ0n) is 15.3. The van der Waals surface area contributed by atoms with Gasteiger partial charge in [-0.25, -0.2) is 21.8 Å². The van der Waals surface area contributed by atoms with Crippen LogP contribution in [0.15, 0.2) is 69.4 Å². The molecule has 0 radical (unpaired) electrons. The highest BCUT2D eigenvalue weighted by Gasteiger charge is 2.27. The molecule has 0 amide bonds. The van der Waals surface area contributed by atoms with Crippen LogP contribution in [-0.2, 0) is 19.9 Å². The molecule has 0 bridgehead atoms. The molecule has 3 aromatic rings. The molecule has 0 spiro atoms. The Morgan fingerprint density at radius 2 is 1.41 bits per heavy atom. The topological polar surface area (TPSA) is 93.2 Å². The van der Waals surface area contributed by atoms with Crippen LogP contribution < -0.4 is 4.72 Å². The molecule has 0 atom stereocenters. The van der Waals surface area contributed by atoms with Gasteiger partial charge in [-0.3, -0.25) is 4.72 Å². The number of sulfone groups is 1. The zero-order chi connectivity index (χ0) is 21.4. The first-order valence-electron chi connectivity index (χ1n) is 8.27. The summed E-state index contributed by atoms with van der Waals surface area (Å²) in [5.74, 6) is 0.0671. The van der Waals surface area contributed by atoms with Crippen LogP contribution >= 0.6 is 23.2 Å². The molecule has 0 aliphatic heterocycles. The second-order valence-electron chi connectivity index (χ2n) is 6.31. The van der Waals surface area contributed by atoms with Gasteiger partial charge >= 0.3 is 0 Å². The SMILES string of the molecule is Cc1cc(S(=O)(=O)Nc2ccc(Cl)cn2)c(C)c(S(=O)(=O)c2ccc(Cl)cc2)c1. The quantitative estimate of drug-likeness (QED) is 0.585. The Bertz CT molecular complexity index is 1270. The highest BCUT2D eigenvalue weighted by Crippen LogP contribution is 2.31. The van der Waals surface area contributed by atoms with Crippen molar-refractivity contribution < 1.29 is 16.8 Å². The van der Waals surface area contributed by atoms with Crippen molar-refractivity contribution in [3.63, 3.8) is 0 Å². The molecule has 0 fully saturated rings. The van der Waals surface area contributed by atoms with Crippen LogP contribution in [0.25, 0.3) is 0 Å². The maximum absolute atomic E-state index is 13.1. The van der Waals surface area contributed by atoms with E-state index in [0.29, 0.717) is 15.6 Å². The van der Waals surface area contributed by atoms with Crippen LogP contribution in [0, 0.1) is 13.8 Å². The maximum Gasteiger partial charge on any atom is 0.263 e. The van der Waals surface area contributed by atoms with Gasteiger partial charge in [-0.05, 0) is 73.5 Å². The minimum absolute atomic E-state index is 0.0197. The molecule has 0 aliphatic carbocycles. The van der Waals surface area contributed by atoms with Gasteiger partial charge in [0.1, 0.15) is 5.82 Å². The molecule has 6 nitrogen and oxygen atoms in total. The van der Waals surface area contributed by atoms with Crippen molar-refractivity contribution >= 4 is 48.9 Å². The fourth-order valence-corrected chi connectivity index (χ4v) is 5.99. The number of sulfonamides is 1. The van der Waals surface area contributed by atoms with Crippen molar-refractivity contribution in [1.82, 2.24) is 4.98 Å². The molecule has 3 rings (SSSR count). The molecule has 0 unspecified atom stereocenters. The highest BCUT2D eigenvalue weighted by atomic mass is 35.5. The lowest BCUT2D eigenvalue weighted by molar-refractivity contribution is 0.594. The molecule has 1 heterocycles. The number of hydrogen-bond donors (Lipinski definition) is 1. The van der Waals surface area contributed by atoms with Gasteiger partial charge in [0, 0.05) is 11.2 Å². The summed E-state index contributed by atoms with van der Waals surface area (Å²) in [5.41, 5.74) is 0.583. The van der Waals surface area contributed by atoms with Gasteiger partial charge in [-0.2, -0.15) is 0 Å². The Balaban J connectivity index is 2.11. The molecule has 1 aromatic heterocycles. The minimum Gasteiger partial charge on any atom is -0.263 e. The first-order valence-corrected chi connectivity index (χ1v) is 12.0. The number of aryl methyl sites for hydroxylation is 1. The molecular weight excluding hydrogens is 455 g/mol. The fraction of sp³-hybridized carbons (Fsp3) is 0.105. The van der Waals surface area contributed by atoms with E-state index >= 15 is 0 Å². The zero-order valence-corrected chi connectivity index (χ0v) is 18.5. The normalized spacial score (nSPS) is 12.0. The Labute approximate surface area is 179 Å². The number of halogens is 2. The van der Waals surface area contributed by atoms with Crippen molar-refractivity contribution in [2.45, 2.75) is 28.5 Å². The Kier molecular flexibility index (Phi) is 5.91. The standard InChI is InChI=1S/C19H16Cl2N2O4S2/c1-12-9-17(28(24,25)16-6-3-14(20)4-7-16)13(2)18(10-12)29(26,27)23-19-8-5-15(21)11-22-19/h3-11H,1-2H3,(H,22,23). The van der Waals surface area contributed by atoms with Gasteiger partial charge in [0.25, 0.3) is 10.0 Å². The lowest BCUT2D eigenvalue weighted by Crippen LogP contribution is -2.17. The summed E-state index contributed by atoms with van der Waals surface area (Å²) < 4.78 is 54.4. The van der Waals surface area contributed by atoms with Crippen LogP contribution in [-0.4, -0.2) is 21.8 Å². The summed E-state index contributed by atoms with van der Waals surface area (Å²) in [4.78, 5) is 3.69. The molecule has 2 aromatic carbocycles. The Morgan fingerprint density at radius 3 is 2.00 bits per heavy atom. The van der Waals surface area contributed by atoms with Crippen molar-refractivity contribution in [1.29, 1.82) is 0 Å². The number of hydrogen-bond acceptors (Lipinski definition) is 5. The summed E-state index contributed by atoms with van der Waals surface area (Å²) in [5, 5.41) is 0.754. The van der Waals surface area contributed by atoms with E-state index in [1.165, 1.54) is 61.7 Å². The second-order valence-corrected chi connectivity index (χ2v) is 10.8. The number of anilines is 1. The molecule has 0 aliphatic rings. The van der Waals surface area contributed by atoms with E-state index < -0.39 is 19.9 Å². The Hall–Kier alpha value is -2.13. The van der Waals surface area contributed by atoms with Crippen LogP contribution in [0.5, 0.6) is 0 Å². The second kappa shape index (κ2) is 7.95. The van der Waals surface area contributed by atoms with Crippen LogP contribution in [0.1, 0.15) is 11.1 Å². The van der Waals surface area contributed by atoms with E-state index in [1.807, 2.05) is 0 Å². The third-order valence-electron chi connectivity index (χ3n) is 4.13. The van der Waals surface area contributed by atoms with Crippen molar-refractivity contribution in [3.8, 4) is 0 Å². The van der Waals surface area contributed by atoms with E-state index in [-0.39, 0.29) is 26.1 Å². The first-order chi connectivity index (χ1) is 13.5. The average molecular weight is 471 g/mol. The van der Waals surface area contributed by atoms with Gasteiger partial charge in [-0.15, -0.1) is 0 Å². The molecular formula is C19H16Cl2N2O4S2. The lowest BCUT2D eigenvalue weighted by Gasteiger charge is -2.15. The van der Waals surface area contributed by atoms with E-state index in [4.69, 9.17) is 23.2 Å². The minimum atomic E-state index is -4.09. The van der Waals surface area contributed by atoms with E-state index in [2.05, 4.69) is 9.71 Å². The predicted octanol–water partition coefficient (Wildman–Crippen LogP) is 4.64.